The zero-order valence-corrected chi connectivity index (χ0v) is 19.0. The number of aromatic nitrogens is 1. The van der Waals surface area contributed by atoms with Crippen molar-refractivity contribution in [2.45, 2.75) is 19.9 Å². The third kappa shape index (κ3) is 4.20. The summed E-state index contributed by atoms with van der Waals surface area (Å²) in [5, 5.41) is 14.3. The smallest absolute Gasteiger partial charge is 0.337 e. The van der Waals surface area contributed by atoms with Gasteiger partial charge >= 0.3 is 5.97 Å². The molecular weight excluding hydrogens is 416 g/mol. The highest BCUT2D eigenvalue weighted by atomic mass is 16.5. The van der Waals surface area contributed by atoms with Crippen LogP contribution in [0.3, 0.4) is 0 Å². The Labute approximate surface area is 192 Å². The van der Waals surface area contributed by atoms with E-state index in [1.807, 2.05) is 56.3 Å². The number of carboxylic acids is 1. The molecule has 2 N–H and O–H groups in total. The van der Waals surface area contributed by atoms with Crippen molar-refractivity contribution in [3.05, 3.63) is 93.8 Å². The minimum atomic E-state index is -0.992. The van der Waals surface area contributed by atoms with E-state index in [-0.39, 0.29) is 17.2 Å². The molecule has 0 aliphatic rings. The van der Waals surface area contributed by atoms with Crippen molar-refractivity contribution < 1.29 is 14.6 Å². The number of hydrogen-bond donors (Lipinski definition) is 2. The summed E-state index contributed by atoms with van der Waals surface area (Å²) in [4.78, 5) is 25.0. The Bertz CT molecular complexity index is 1420. The van der Waals surface area contributed by atoms with Gasteiger partial charge in [-0.15, -0.1) is 0 Å². The van der Waals surface area contributed by atoms with Crippen LogP contribution < -0.4 is 15.6 Å². The zero-order valence-electron chi connectivity index (χ0n) is 19.0. The highest BCUT2D eigenvalue weighted by molar-refractivity contribution is 5.94. The van der Waals surface area contributed by atoms with E-state index in [0.717, 1.165) is 27.8 Å². The fourth-order valence-corrected chi connectivity index (χ4v) is 4.21. The summed E-state index contributed by atoms with van der Waals surface area (Å²) < 4.78 is 7.01. The lowest BCUT2D eigenvalue weighted by Gasteiger charge is -2.21. The van der Waals surface area contributed by atoms with Gasteiger partial charge in [0.05, 0.1) is 18.4 Å². The molecule has 0 amide bonds. The molecule has 3 aromatic carbocycles. The van der Waals surface area contributed by atoms with Crippen molar-refractivity contribution in [2.24, 2.45) is 7.05 Å². The molecule has 1 atom stereocenters. The Morgan fingerprint density at radius 1 is 1.03 bits per heavy atom. The number of ether oxygens (including phenoxy) is 1. The maximum atomic E-state index is 13.3. The van der Waals surface area contributed by atoms with Gasteiger partial charge in [-0.2, -0.15) is 0 Å². The maximum Gasteiger partial charge on any atom is 0.337 e. The van der Waals surface area contributed by atoms with Crippen LogP contribution in [-0.2, 0) is 7.05 Å². The number of para-hydroxylation sites is 1. The van der Waals surface area contributed by atoms with Gasteiger partial charge < -0.3 is 19.7 Å². The number of carbonyl (C=O) groups is 1. The van der Waals surface area contributed by atoms with E-state index < -0.39 is 5.97 Å². The molecule has 1 unspecified atom stereocenters. The molecule has 4 aromatic rings. The van der Waals surface area contributed by atoms with Crippen LogP contribution in [-0.4, -0.2) is 22.8 Å². The summed E-state index contributed by atoms with van der Waals surface area (Å²) in [5.74, 6) is -0.280. The van der Waals surface area contributed by atoms with E-state index in [9.17, 15) is 14.7 Å². The summed E-state index contributed by atoms with van der Waals surface area (Å²) in [5.41, 5.74) is 4.18. The number of pyridine rings is 1. The predicted molar refractivity (Wildman–Crippen MR) is 131 cm³/mol. The molecule has 0 aliphatic heterocycles. The summed E-state index contributed by atoms with van der Waals surface area (Å²) in [6.45, 7) is 3.92. The van der Waals surface area contributed by atoms with Gasteiger partial charge in [-0.05, 0) is 66.8 Å². The van der Waals surface area contributed by atoms with Gasteiger partial charge in [-0.25, -0.2) is 4.79 Å². The van der Waals surface area contributed by atoms with Gasteiger partial charge in [0.15, 0.2) is 0 Å². The van der Waals surface area contributed by atoms with Crippen molar-refractivity contribution in [2.75, 3.05) is 12.4 Å². The lowest BCUT2D eigenvalue weighted by atomic mass is 9.95. The Balaban J connectivity index is 1.89. The van der Waals surface area contributed by atoms with Crippen LogP contribution >= 0.6 is 0 Å². The topological polar surface area (TPSA) is 80.6 Å². The number of methoxy groups -OCH3 is 1. The Hall–Kier alpha value is -4.06. The summed E-state index contributed by atoms with van der Waals surface area (Å²) in [6.07, 6.45) is 0. The summed E-state index contributed by atoms with van der Waals surface area (Å²) in [6, 6.07) is 20.1. The molecule has 0 saturated heterocycles. The van der Waals surface area contributed by atoms with Gasteiger partial charge in [0.25, 0.3) is 5.56 Å². The van der Waals surface area contributed by atoms with Gasteiger partial charge in [0.2, 0.25) is 0 Å². The predicted octanol–water partition coefficient (Wildman–Crippen LogP) is 5.39. The zero-order chi connectivity index (χ0) is 23.7. The summed E-state index contributed by atoms with van der Waals surface area (Å²) in [7, 11) is 3.38. The maximum absolute atomic E-state index is 13.3. The van der Waals surface area contributed by atoms with Gasteiger partial charge in [0, 0.05) is 29.7 Å². The monoisotopic (exact) mass is 442 g/mol. The molecule has 168 valence electrons. The Kier molecular flexibility index (Phi) is 5.92. The van der Waals surface area contributed by atoms with Crippen LogP contribution in [0.5, 0.6) is 5.75 Å². The van der Waals surface area contributed by atoms with Crippen LogP contribution in [0.4, 0.5) is 5.69 Å². The van der Waals surface area contributed by atoms with E-state index in [0.29, 0.717) is 16.8 Å². The molecule has 0 bridgehead atoms. The molecule has 0 radical (unpaired) electrons. The van der Waals surface area contributed by atoms with E-state index in [1.165, 1.54) is 0 Å². The molecule has 0 fully saturated rings. The Morgan fingerprint density at radius 2 is 1.79 bits per heavy atom. The lowest BCUT2D eigenvalue weighted by molar-refractivity contribution is 0.0698. The van der Waals surface area contributed by atoms with E-state index in [4.69, 9.17) is 4.74 Å². The molecular formula is C27H26N2O4. The standard InChI is InChI=1S/C27H26N2O4/c1-16-12-21(17(2)28-24-11-6-5-10-20(24)27(31)32)22-15-25(29(3)26(30)23(22)13-16)18-8-7-9-19(14-18)33-4/h5-15,17,28H,1-4H3,(H,31,32). The first kappa shape index (κ1) is 22.1. The molecule has 4 rings (SSSR count). The lowest BCUT2D eigenvalue weighted by Crippen LogP contribution is -2.20. The van der Waals surface area contributed by atoms with Crippen molar-refractivity contribution in [1.82, 2.24) is 4.57 Å². The minimum absolute atomic E-state index is 0.0894. The molecule has 1 aromatic heterocycles. The van der Waals surface area contributed by atoms with Crippen LogP contribution in [0.15, 0.2) is 71.5 Å². The molecule has 0 saturated carbocycles. The molecule has 0 aliphatic carbocycles. The Morgan fingerprint density at radius 3 is 2.52 bits per heavy atom. The highest BCUT2D eigenvalue weighted by Gasteiger charge is 2.18. The normalized spacial score (nSPS) is 11.9. The van der Waals surface area contributed by atoms with E-state index in [2.05, 4.69) is 5.32 Å². The van der Waals surface area contributed by atoms with Crippen molar-refractivity contribution >= 4 is 22.4 Å². The molecule has 1 heterocycles. The van der Waals surface area contributed by atoms with Crippen molar-refractivity contribution in [1.29, 1.82) is 0 Å². The minimum Gasteiger partial charge on any atom is -0.497 e. The average molecular weight is 443 g/mol. The first-order valence-electron chi connectivity index (χ1n) is 10.7. The number of aryl methyl sites for hydroxylation is 1. The second kappa shape index (κ2) is 8.82. The number of aromatic carboxylic acids is 1. The van der Waals surface area contributed by atoms with Gasteiger partial charge in [0.1, 0.15) is 5.75 Å². The summed E-state index contributed by atoms with van der Waals surface area (Å²) >= 11 is 0. The average Bonchev–Trinajstić information content (AvgIpc) is 2.81. The molecule has 0 spiro atoms. The van der Waals surface area contributed by atoms with Crippen LogP contribution in [0.2, 0.25) is 0 Å². The SMILES string of the molecule is COc1cccc(-c2cc3c(C(C)Nc4ccccc4C(=O)O)cc(C)cc3c(=O)n2C)c1. The second-order valence-electron chi connectivity index (χ2n) is 8.16. The number of benzene rings is 3. The largest absolute Gasteiger partial charge is 0.497 e. The molecule has 6 heteroatoms. The quantitative estimate of drug-likeness (QED) is 0.418. The first-order valence-corrected chi connectivity index (χ1v) is 10.7. The number of hydrogen-bond acceptors (Lipinski definition) is 4. The van der Waals surface area contributed by atoms with Crippen LogP contribution in [0, 0.1) is 6.92 Å². The molecule has 6 nitrogen and oxygen atoms in total. The number of rotatable bonds is 6. The number of fused-ring (bicyclic) bond motifs is 1. The first-order chi connectivity index (χ1) is 15.8. The van der Waals surface area contributed by atoms with E-state index in [1.54, 1.807) is 43.0 Å². The van der Waals surface area contributed by atoms with Crippen molar-refractivity contribution in [3.63, 3.8) is 0 Å². The van der Waals surface area contributed by atoms with Crippen LogP contribution in [0.1, 0.15) is 34.5 Å². The van der Waals surface area contributed by atoms with Gasteiger partial charge in [-0.3, -0.25) is 4.79 Å². The highest BCUT2D eigenvalue weighted by Crippen LogP contribution is 2.32. The molecule has 33 heavy (non-hydrogen) atoms. The fourth-order valence-electron chi connectivity index (χ4n) is 4.21. The fraction of sp³-hybridized carbons (Fsp3) is 0.185. The van der Waals surface area contributed by atoms with Gasteiger partial charge in [-0.1, -0.05) is 30.3 Å². The number of carboxylic acid groups (broad SMARTS) is 1. The number of anilines is 1. The van der Waals surface area contributed by atoms with E-state index >= 15 is 0 Å². The van der Waals surface area contributed by atoms with Crippen LogP contribution in [0.25, 0.3) is 22.0 Å². The van der Waals surface area contributed by atoms with Crippen molar-refractivity contribution in [3.8, 4) is 17.0 Å². The third-order valence-electron chi connectivity index (χ3n) is 5.90. The number of nitrogens with one attached hydrogen (secondary N) is 1. The second-order valence-corrected chi connectivity index (χ2v) is 8.16. The number of nitrogens with zero attached hydrogens (tertiary/aromatic N) is 1. The third-order valence-corrected chi connectivity index (χ3v) is 5.90.